The standard InChI is InChI=1S/C28H34FN3O6/c1-4-35-22-14-23(27(28(34)37-6-3)31-20-11-9-19(16-30)10-12-20)26(29)24(15-22)38-21-8-7-13-32(17-21)18-25(33)36-5-2/h9-12,14-15,21,27,31H,4-8,13,17-18H2,1-3H3/t21-,27?/m1/s1. The van der Waals surface area contributed by atoms with Crippen molar-refractivity contribution in [2.24, 2.45) is 0 Å². The van der Waals surface area contributed by atoms with E-state index in [9.17, 15) is 9.59 Å². The molecule has 0 bridgehead atoms. The highest BCUT2D eigenvalue weighted by Gasteiger charge is 2.30. The molecule has 38 heavy (non-hydrogen) atoms. The van der Waals surface area contributed by atoms with Gasteiger partial charge in [-0.3, -0.25) is 9.69 Å². The molecule has 1 saturated heterocycles. The molecule has 0 saturated carbocycles. The molecule has 0 aliphatic carbocycles. The van der Waals surface area contributed by atoms with Crippen molar-refractivity contribution in [2.45, 2.75) is 45.8 Å². The van der Waals surface area contributed by atoms with Crippen molar-refractivity contribution < 1.29 is 32.9 Å². The van der Waals surface area contributed by atoms with Crippen molar-refractivity contribution >= 4 is 17.6 Å². The molecule has 1 fully saturated rings. The fraction of sp³-hybridized carbons (Fsp3) is 0.464. The smallest absolute Gasteiger partial charge is 0.333 e. The van der Waals surface area contributed by atoms with Crippen LogP contribution in [0.15, 0.2) is 36.4 Å². The lowest BCUT2D eigenvalue weighted by atomic mass is 10.0. The van der Waals surface area contributed by atoms with Crippen molar-refractivity contribution in [3.63, 3.8) is 0 Å². The van der Waals surface area contributed by atoms with Crippen LogP contribution in [-0.2, 0) is 19.1 Å². The second-order valence-electron chi connectivity index (χ2n) is 8.70. The number of benzene rings is 2. The van der Waals surface area contributed by atoms with Crippen molar-refractivity contribution in [1.29, 1.82) is 5.26 Å². The Kier molecular flexibility index (Phi) is 10.7. The van der Waals surface area contributed by atoms with Crippen LogP contribution in [0.2, 0.25) is 0 Å². The van der Waals surface area contributed by atoms with Crippen LogP contribution in [0.25, 0.3) is 0 Å². The van der Waals surface area contributed by atoms with Gasteiger partial charge in [-0.2, -0.15) is 5.26 Å². The van der Waals surface area contributed by atoms with E-state index in [-0.39, 0.29) is 36.5 Å². The number of hydrogen-bond acceptors (Lipinski definition) is 9. The molecule has 1 aliphatic heterocycles. The number of esters is 2. The summed E-state index contributed by atoms with van der Waals surface area (Å²) >= 11 is 0. The maximum atomic E-state index is 16.0. The van der Waals surface area contributed by atoms with Gasteiger partial charge in [0.25, 0.3) is 0 Å². The van der Waals surface area contributed by atoms with Gasteiger partial charge in [0.1, 0.15) is 11.9 Å². The number of nitrogens with one attached hydrogen (secondary N) is 1. The van der Waals surface area contributed by atoms with E-state index in [2.05, 4.69) is 5.32 Å². The third kappa shape index (κ3) is 7.83. The molecule has 3 rings (SSSR count). The van der Waals surface area contributed by atoms with Crippen LogP contribution in [-0.4, -0.2) is 62.4 Å². The summed E-state index contributed by atoms with van der Waals surface area (Å²) in [5.74, 6) is -1.41. The molecule has 2 atom stereocenters. The average molecular weight is 528 g/mol. The minimum absolute atomic E-state index is 0.00736. The highest BCUT2D eigenvalue weighted by molar-refractivity contribution is 5.81. The molecule has 204 valence electrons. The highest BCUT2D eigenvalue weighted by atomic mass is 19.1. The maximum Gasteiger partial charge on any atom is 0.333 e. The van der Waals surface area contributed by atoms with Crippen LogP contribution >= 0.6 is 0 Å². The molecular formula is C28H34FN3O6. The van der Waals surface area contributed by atoms with Gasteiger partial charge < -0.3 is 24.3 Å². The molecule has 0 aromatic heterocycles. The number of ether oxygens (including phenoxy) is 4. The van der Waals surface area contributed by atoms with E-state index < -0.39 is 17.8 Å². The molecule has 9 nitrogen and oxygen atoms in total. The number of nitrogens with zero attached hydrogens (tertiary/aromatic N) is 2. The first-order chi connectivity index (χ1) is 18.4. The fourth-order valence-corrected chi connectivity index (χ4v) is 4.26. The van der Waals surface area contributed by atoms with Crippen LogP contribution in [0.4, 0.5) is 10.1 Å². The monoisotopic (exact) mass is 527 g/mol. The Morgan fingerprint density at radius 3 is 2.53 bits per heavy atom. The summed E-state index contributed by atoms with van der Waals surface area (Å²) in [4.78, 5) is 26.8. The number of nitriles is 1. The van der Waals surface area contributed by atoms with E-state index in [1.807, 2.05) is 11.0 Å². The van der Waals surface area contributed by atoms with Crippen LogP contribution in [0.5, 0.6) is 11.5 Å². The van der Waals surface area contributed by atoms with Crippen LogP contribution in [0.3, 0.4) is 0 Å². The van der Waals surface area contributed by atoms with E-state index >= 15 is 4.39 Å². The van der Waals surface area contributed by atoms with Crippen LogP contribution in [0.1, 0.15) is 50.8 Å². The zero-order valence-corrected chi connectivity index (χ0v) is 22.0. The molecule has 2 aromatic rings. The van der Waals surface area contributed by atoms with Crippen molar-refractivity contribution in [3.05, 3.63) is 53.3 Å². The molecular weight excluding hydrogens is 493 g/mol. The number of halogens is 1. The largest absolute Gasteiger partial charge is 0.494 e. The minimum atomic E-state index is -1.20. The highest BCUT2D eigenvalue weighted by Crippen LogP contribution is 2.35. The minimum Gasteiger partial charge on any atom is -0.494 e. The number of carbonyl (C=O) groups excluding carboxylic acids is 2. The summed E-state index contributed by atoms with van der Waals surface area (Å²) < 4.78 is 38.0. The predicted octanol–water partition coefficient (Wildman–Crippen LogP) is 4.22. The van der Waals surface area contributed by atoms with Gasteiger partial charge in [-0.25, -0.2) is 9.18 Å². The number of piperidine rings is 1. The topological polar surface area (TPSA) is 110 Å². The van der Waals surface area contributed by atoms with E-state index in [1.54, 1.807) is 45.0 Å². The van der Waals surface area contributed by atoms with E-state index in [1.165, 1.54) is 12.1 Å². The zero-order chi connectivity index (χ0) is 27.5. The Balaban J connectivity index is 1.90. The zero-order valence-electron chi connectivity index (χ0n) is 22.0. The predicted molar refractivity (Wildman–Crippen MR) is 138 cm³/mol. The second kappa shape index (κ2) is 14.2. The molecule has 1 unspecified atom stereocenters. The lowest BCUT2D eigenvalue weighted by molar-refractivity contribution is -0.145. The number of hydrogen-bond donors (Lipinski definition) is 1. The van der Waals surface area contributed by atoms with Gasteiger partial charge in [0.05, 0.1) is 38.0 Å². The summed E-state index contributed by atoms with van der Waals surface area (Å²) in [5.41, 5.74) is 0.966. The lowest BCUT2D eigenvalue weighted by Gasteiger charge is -2.32. The van der Waals surface area contributed by atoms with Crippen LogP contribution < -0.4 is 14.8 Å². The Morgan fingerprint density at radius 2 is 1.87 bits per heavy atom. The van der Waals surface area contributed by atoms with E-state index in [0.29, 0.717) is 49.7 Å². The Labute approximate surface area is 222 Å². The lowest BCUT2D eigenvalue weighted by Crippen LogP contribution is -2.43. The summed E-state index contributed by atoms with van der Waals surface area (Å²) in [6.45, 7) is 7.25. The molecule has 0 radical (unpaired) electrons. The first kappa shape index (κ1) is 28.7. The number of likely N-dealkylation sites (tertiary alicyclic amines) is 1. The first-order valence-corrected chi connectivity index (χ1v) is 12.8. The Bertz CT molecular complexity index is 1130. The first-order valence-electron chi connectivity index (χ1n) is 12.8. The van der Waals surface area contributed by atoms with Gasteiger partial charge in [0.2, 0.25) is 0 Å². The van der Waals surface area contributed by atoms with Gasteiger partial charge in [-0.05, 0) is 70.5 Å². The maximum absolute atomic E-state index is 16.0. The number of anilines is 1. The van der Waals surface area contributed by atoms with E-state index in [0.717, 1.165) is 6.42 Å². The normalized spacial score (nSPS) is 16.1. The van der Waals surface area contributed by atoms with Gasteiger partial charge >= 0.3 is 11.9 Å². The molecule has 1 heterocycles. The molecule has 1 aliphatic rings. The van der Waals surface area contributed by atoms with Gasteiger partial charge in [-0.15, -0.1) is 0 Å². The summed E-state index contributed by atoms with van der Waals surface area (Å²) in [7, 11) is 0. The molecule has 2 aromatic carbocycles. The SMILES string of the molecule is CCOC(=O)CN1CCC[C@@H](Oc2cc(OCC)cc(C(Nc3ccc(C#N)cc3)C(=O)OCC)c2F)C1. The number of rotatable bonds is 12. The summed E-state index contributed by atoms with van der Waals surface area (Å²) in [6.07, 6.45) is 1.08. The third-order valence-corrected chi connectivity index (χ3v) is 5.92. The van der Waals surface area contributed by atoms with Gasteiger partial charge in [0, 0.05) is 23.9 Å². The molecule has 0 amide bonds. The molecule has 1 N–H and O–H groups in total. The van der Waals surface area contributed by atoms with E-state index in [4.69, 9.17) is 24.2 Å². The van der Waals surface area contributed by atoms with Crippen LogP contribution in [0, 0.1) is 17.1 Å². The molecule has 0 spiro atoms. The molecule has 10 heteroatoms. The Hall–Kier alpha value is -3.84. The van der Waals surface area contributed by atoms with Gasteiger partial charge in [0.15, 0.2) is 17.6 Å². The number of carbonyl (C=O) groups is 2. The quantitative estimate of drug-likeness (QED) is 0.406. The van der Waals surface area contributed by atoms with Crippen molar-refractivity contribution in [3.8, 4) is 17.6 Å². The summed E-state index contributed by atoms with van der Waals surface area (Å²) in [5, 5.41) is 12.1. The van der Waals surface area contributed by atoms with Gasteiger partial charge in [-0.1, -0.05) is 0 Å². The Morgan fingerprint density at radius 1 is 1.13 bits per heavy atom. The summed E-state index contributed by atoms with van der Waals surface area (Å²) in [6, 6.07) is 10.2. The third-order valence-electron chi connectivity index (χ3n) is 5.92. The second-order valence-corrected chi connectivity index (χ2v) is 8.70. The fourth-order valence-electron chi connectivity index (χ4n) is 4.26. The van der Waals surface area contributed by atoms with Crippen molar-refractivity contribution in [2.75, 3.05) is 44.8 Å². The average Bonchev–Trinajstić information content (AvgIpc) is 2.90. The van der Waals surface area contributed by atoms with Crippen molar-refractivity contribution in [1.82, 2.24) is 4.90 Å².